The van der Waals surface area contributed by atoms with E-state index in [1.807, 2.05) is 6.92 Å². The molecule has 6 heteroatoms. The molecule has 5 nitrogen and oxygen atoms in total. The Morgan fingerprint density at radius 3 is 2.57 bits per heavy atom. The van der Waals surface area contributed by atoms with E-state index in [0.29, 0.717) is 30.0 Å². The van der Waals surface area contributed by atoms with E-state index in [4.69, 9.17) is 15.8 Å². The van der Waals surface area contributed by atoms with Gasteiger partial charge in [0.05, 0.1) is 0 Å². The number of nitrogens with one attached hydrogen (secondary N) is 1. The standard InChI is InChI=1S/C17H33BN2O3/c1-10(2)11(3)17(21)20-13-7-12-8-16(19)14(15(12)9-13)5-4-6-18(22)23/h10-16,22-23H,4-9,19H2,1-3H3,(H,20,21)/t11-,12+,13-,14-,15+,16-/m0/s1. The molecule has 1 amide bonds. The summed E-state index contributed by atoms with van der Waals surface area (Å²) in [7, 11) is -1.21. The molecule has 0 aromatic carbocycles. The molecule has 5 N–H and O–H groups in total. The summed E-state index contributed by atoms with van der Waals surface area (Å²) in [6.45, 7) is 6.16. The number of hydrogen-bond acceptors (Lipinski definition) is 4. The third-order valence-corrected chi connectivity index (χ3v) is 6.18. The van der Waals surface area contributed by atoms with Crippen molar-refractivity contribution in [2.45, 2.75) is 71.3 Å². The second kappa shape index (κ2) is 7.99. The average Bonchev–Trinajstić information content (AvgIpc) is 2.95. The number of rotatable bonds is 7. The van der Waals surface area contributed by atoms with Gasteiger partial charge in [0.2, 0.25) is 5.91 Å². The topological polar surface area (TPSA) is 95.6 Å². The maximum absolute atomic E-state index is 12.3. The van der Waals surface area contributed by atoms with Gasteiger partial charge >= 0.3 is 7.12 Å². The first kappa shape index (κ1) is 18.7. The van der Waals surface area contributed by atoms with E-state index in [9.17, 15) is 4.79 Å². The zero-order valence-corrected chi connectivity index (χ0v) is 14.7. The summed E-state index contributed by atoms with van der Waals surface area (Å²) in [4.78, 5) is 12.3. The third kappa shape index (κ3) is 4.71. The van der Waals surface area contributed by atoms with Crippen LogP contribution < -0.4 is 11.1 Å². The van der Waals surface area contributed by atoms with E-state index in [2.05, 4.69) is 19.2 Å². The Balaban J connectivity index is 1.84. The highest BCUT2D eigenvalue weighted by molar-refractivity contribution is 6.40. The van der Waals surface area contributed by atoms with Gasteiger partial charge in [0.25, 0.3) is 0 Å². The fourth-order valence-electron chi connectivity index (χ4n) is 4.51. The molecular weight excluding hydrogens is 291 g/mol. The summed E-state index contributed by atoms with van der Waals surface area (Å²) in [6, 6.07) is 0.518. The molecule has 0 aromatic heterocycles. The van der Waals surface area contributed by atoms with Gasteiger partial charge in [-0.05, 0) is 55.7 Å². The van der Waals surface area contributed by atoms with Crippen molar-refractivity contribution in [1.29, 1.82) is 0 Å². The van der Waals surface area contributed by atoms with Crippen LogP contribution >= 0.6 is 0 Å². The number of carbonyl (C=O) groups excluding carboxylic acids is 1. The Labute approximate surface area is 140 Å². The van der Waals surface area contributed by atoms with Gasteiger partial charge in [0.15, 0.2) is 0 Å². The molecule has 0 spiro atoms. The molecule has 2 saturated carbocycles. The highest BCUT2D eigenvalue weighted by Gasteiger charge is 2.47. The van der Waals surface area contributed by atoms with Gasteiger partial charge in [-0.2, -0.15) is 0 Å². The zero-order chi connectivity index (χ0) is 17.1. The van der Waals surface area contributed by atoms with Crippen LogP contribution in [0.5, 0.6) is 0 Å². The van der Waals surface area contributed by atoms with E-state index in [1.165, 1.54) is 0 Å². The summed E-state index contributed by atoms with van der Waals surface area (Å²) in [5.74, 6) is 2.26. The lowest BCUT2D eigenvalue weighted by Gasteiger charge is -2.24. The molecule has 0 radical (unpaired) electrons. The summed E-state index contributed by atoms with van der Waals surface area (Å²) in [5.41, 5.74) is 6.31. The van der Waals surface area contributed by atoms with Gasteiger partial charge in [-0.3, -0.25) is 4.79 Å². The summed E-state index contributed by atoms with van der Waals surface area (Å²) in [6.07, 6.45) is 5.31. The Kier molecular flexibility index (Phi) is 6.52. The van der Waals surface area contributed by atoms with Crippen molar-refractivity contribution < 1.29 is 14.8 Å². The minimum atomic E-state index is -1.21. The molecule has 2 rings (SSSR count). The molecule has 2 aliphatic rings. The number of fused-ring (bicyclic) bond motifs is 1. The molecule has 2 aliphatic carbocycles. The van der Waals surface area contributed by atoms with E-state index < -0.39 is 7.12 Å². The Morgan fingerprint density at radius 2 is 1.96 bits per heavy atom. The Morgan fingerprint density at radius 1 is 1.26 bits per heavy atom. The summed E-state index contributed by atoms with van der Waals surface area (Å²) >= 11 is 0. The lowest BCUT2D eigenvalue weighted by Crippen LogP contribution is -2.39. The van der Waals surface area contributed by atoms with Crippen LogP contribution in [0.1, 0.15) is 52.9 Å². The van der Waals surface area contributed by atoms with E-state index in [-0.39, 0.29) is 23.9 Å². The predicted octanol–water partition coefficient (Wildman–Crippen LogP) is 1.39. The van der Waals surface area contributed by atoms with Crippen LogP contribution in [0.4, 0.5) is 0 Å². The highest BCUT2D eigenvalue weighted by atomic mass is 16.4. The second-order valence-electron chi connectivity index (χ2n) is 8.11. The number of amides is 1. The van der Waals surface area contributed by atoms with Gasteiger partial charge < -0.3 is 21.1 Å². The first-order chi connectivity index (χ1) is 10.8. The van der Waals surface area contributed by atoms with Crippen LogP contribution in [0, 0.1) is 29.6 Å². The van der Waals surface area contributed by atoms with Crippen molar-refractivity contribution in [1.82, 2.24) is 5.32 Å². The highest BCUT2D eigenvalue weighted by Crippen LogP contribution is 2.48. The molecule has 0 bridgehead atoms. The molecule has 132 valence electrons. The molecule has 0 aromatic rings. The molecule has 0 aliphatic heterocycles. The molecule has 2 fully saturated rings. The predicted molar refractivity (Wildman–Crippen MR) is 92.5 cm³/mol. The zero-order valence-electron chi connectivity index (χ0n) is 14.7. The molecule has 0 saturated heterocycles. The van der Waals surface area contributed by atoms with Crippen LogP contribution in [-0.2, 0) is 4.79 Å². The lowest BCUT2D eigenvalue weighted by molar-refractivity contribution is -0.126. The Hall–Kier alpha value is -0.585. The molecule has 23 heavy (non-hydrogen) atoms. The number of carbonyl (C=O) groups is 1. The summed E-state index contributed by atoms with van der Waals surface area (Å²) in [5, 5.41) is 21.2. The van der Waals surface area contributed by atoms with Crippen molar-refractivity contribution in [3.63, 3.8) is 0 Å². The van der Waals surface area contributed by atoms with E-state index in [1.54, 1.807) is 0 Å². The van der Waals surface area contributed by atoms with Crippen LogP contribution in [0.15, 0.2) is 0 Å². The molecule has 6 atom stereocenters. The SMILES string of the molecule is CC(C)[C@H](C)C(=O)N[C@H]1C[C@@H]2C[C@H](N)[C@@H](CCCB(O)O)[C@@H]2C1. The van der Waals surface area contributed by atoms with Crippen molar-refractivity contribution in [3.8, 4) is 0 Å². The van der Waals surface area contributed by atoms with Crippen LogP contribution in [0.3, 0.4) is 0 Å². The van der Waals surface area contributed by atoms with Gasteiger partial charge in [0.1, 0.15) is 0 Å². The second-order valence-corrected chi connectivity index (χ2v) is 8.11. The number of hydrogen-bond donors (Lipinski definition) is 4. The number of nitrogens with two attached hydrogens (primary N) is 1. The van der Waals surface area contributed by atoms with Crippen LogP contribution in [-0.4, -0.2) is 35.2 Å². The van der Waals surface area contributed by atoms with Crippen LogP contribution in [0.25, 0.3) is 0 Å². The van der Waals surface area contributed by atoms with E-state index >= 15 is 0 Å². The third-order valence-electron chi connectivity index (χ3n) is 6.18. The lowest BCUT2D eigenvalue weighted by atomic mass is 9.79. The first-order valence-corrected chi connectivity index (χ1v) is 9.21. The van der Waals surface area contributed by atoms with Crippen molar-refractivity contribution in [2.75, 3.05) is 0 Å². The van der Waals surface area contributed by atoms with Gasteiger partial charge in [-0.1, -0.05) is 27.2 Å². The minimum absolute atomic E-state index is 0.0551. The van der Waals surface area contributed by atoms with Gasteiger partial charge in [-0.15, -0.1) is 0 Å². The summed E-state index contributed by atoms with van der Waals surface area (Å²) < 4.78 is 0. The largest absolute Gasteiger partial charge is 0.451 e. The fraction of sp³-hybridized carbons (Fsp3) is 0.941. The monoisotopic (exact) mass is 324 g/mol. The maximum atomic E-state index is 12.3. The molecule has 0 heterocycles. The first-order valence-electron chi connectivity index (χ1n) is 9.21. The quantitative estimate of drug-likeness (QED) is 0.532. The van der Waals surface area contributed by atoms with Crippen molar-refractivity contribution in [2.24, 2.45) is 35.3 Å². The molecular formula is C17H33BN2O3. The molecule has 0 unspecified atom stereocenters. The smallest absolute Gasteiger partial charge is 0.427 e. The van der Waals surface area contributed by atoms with Crippen molar-refractivity contribution in [3.05, 3.63) is 0 Å². The Bertz CT molecular complexity index is 405. The van der Waals surface area contributed by atoms with Gasteiger partial charge in [0, 0.05) is 18.0 Å². The fourth-order valence-corrected chi connectivity index (χ4v) is 4.51. The van der Waals surface area contributed by atoms with Gasteiger partial charge in [-0.25, -0.2) is 0 Å². The maximum Gasteiger partial charge on any atom is 0.451 e. The van der Waals surface area contributed by atoms with E-state index in [0.717, 1.165) is 32.1 Å². The van der Waals surface area contributed by atoms with Crippen molar-refractivity contribution >= 4 is 13.0 Å². The minimum Gasteiger partial charge on any atom is -0.427 e. The average molecular weight is 324 g/mol. The van der Waals surface area contributed by atoms with Crippen LogP contribution in [0.2, 0.25) is 6.32 Å². The normalized spacial score (nSPS) is 34.5.